The summed E-state index contributed by atoms with van der Waals surface area (Å²) < 4.78 is 12.9. The van der Waals surface area contributed by atoms with Crippen LogP contribution in [0.5, 0.6) is 0 Å². The minimum absolute atomic E-state index is 0. The molecule has 2 unspecified atom stereocenters. The van der Waals surface area contributed by atoms with Crippen molar-refractivity contribution in [2.45, 2.75) is 38.1 Å². The Kier molecular flexibility index (Phi) is 7.12. The van der Waals surface area contributed by atoms with E-state index >= 15 is 0 Å². The van der Waals surface area contributed by atoms with Crippen LogP contribution in [0.3, 0.4) is 0 Å². The minimum Gasteiger partial charge on any atom is -0.341 e. The van der Waals surface area contributed by atoms with Gasteiger partial charge >= 0.3 is 0 Å². The van der Waals surface area contributed by atoms with Crippen molar-refractivity contribution in [3.05, 3.63) is 35.6 Å². The third kappa shape index (κ3) is 4.97. The third-order valence-corrected chi connectivity index (χ3v) is 4.10. The minimum atomic E-state index is -0.236. The fourth-order valence-corrected chi connectivity index (χ4v) is 2.74. The molecule has 1 saturated heterocycles. The molecule has 1 N–H and O–H groups in total. The van der Waals surface area contributed by atoms with Crippen molar-refractivity contribution in [2.75, 3.05) is 20.1 Å². The molecule has 1 aliphatic rings. The molecule has 2 atom stereocenters. The Balaban J connectivity index is 0.00000220. The van der Waals surface area contributed by atoms with Gasteiger partial charge in [0.2, 0.25) is 5.91 Å². The van der Waals surface area contributed by atoms with Crippen LogP contribution in [0, 0.1) is 5.82 Å². The summed E-state index contributed by atoms with van der Waals surface area (Å²) in [5, 5.41) is 3.24. The van der Waals surface area contributed by atoms with Crippen LogP contribution < -0.4 is 5.32 Å². The second-order valence-corrected chi connectivity index (χ2v) is 5.62. The van der Waals surface area contributed by atoms with Crippen molar-refractivity contribution in [3.8, 4) is 0 Å². The predicted molar refractivity (Wildman–Crippen MR) is 85.3 cm³/mol. The lowest BCUT2D eigenvalue weighted by Crippen LogP contribution is -2.47. The molecule has 1 aliphatic heterocycles. The monoisotopic (exact) mass is 314 g/mol. The Morgan fingerprint density at radius 3 is 2.71 bits per heavy atom. The Hall–Kier alpha value is -1.13. The van der Waals surface area contributed by atoms with Crippen molar-refractivity contribution in [1.29, 1.82) is 0 Å². The van der Waals surface area contributed by atoms with Crippen molar-refractivity contribution in [1.82, 2.24) is 10.2 Å². The van der Waals surface area contributed by atoms with Gasteiger partial charge in [-0.2, -0.15) is 0 Å². The predicted octanol–water partition coefficient (Wildman–Crippen LogP) is 2.95. The molecule has 1 fully saturated rings. The molecule has 0 bridgehead atoms. The molecular formula is C16H24ClFN2O. The molecule has 0 aromatic heterocycles. The van der Waals surface area contributed by atoms with E-state index in [0.717, 1.165) is 31.5 Å². The molecule has 0 saturated carbocycles. The normalized spacial score (nSPS) is 19.8. The first kappa shape index (κ1) is 17.9. The molecule has 0 spiro atoms. The standard InChI is InChI=1S/C16H23FN2O.ClH/c1-12(13-5-7-14(17)8-6-13)10-16(20)19-9-3-4-15(11-19)18-2;/h5-8,12,15,18H,3-4,9-11H2,1-2H3;1H. The van der Waals surface area contributed by atoms with Crippen molar-refractivity contribution in [2.24, 2.45) is 0 Å². The van der Waals surface area contributed by atoms with Gasteiger partial charge in [0.05, 0.1) is 0 Å². The summed E-state index contributed by atoms with van der Waals surface area (Å²) in [5.74, 6) is 0.0833. The average Bonchev–Trinajstić information content (AvgIpc) is 2.47. The Morgan fingerprint density at radius 2 is 2.10 bits per heavy atom. The van der Waals surface area contributed by atoms with Crippen LogP contribution in [0.4, 0.5) is 4.39 Å². The van der Waals surface area contributed by atoms with E-state index in [1.807, 2.05) is 18.9 Å². The van der Waals surface area contributed by atoms with E-state index in [2.05, 4.69) is 5.32 Å². The number of hydrogen-bond acceptors (Lipinski definition) is 2. The number of piperidine rings is 1. The van der Waals surface area contributed by atoms with E-state index in [9.17, 15) is 9.18 Å². The quantitative estimate of drug-likeness (QED) is 0.926. The molecule has 1 amide bonds. The maximum absolute atomic E-state index is 12.9. The highest BCUT2D eigenvalue weighted by Gasteiger charge is 2.23. The SMILES string of the molecule is CNC1CCCN(C(=O)CC(C)c2ccc(F)cc2)C1.Cl. The number of nitrogens with one attached hydrogen (secondary N) is 1. The van der Waals surface area contributed by atoms with E-state index in [1.54, 1.807) is 12.1 Å². The summed E-state index contributed by atoms with van der Waals surface area (Å²) in [6, 6.07) is 6.84. The van der Waals surface area contributed by atoms with Gasteiger partial charge in [-0.05, 0) is 43.5 Å². The molecule has 1 aromatic rings. The number of benzene rings is 1. The summed E-state index contributed by atoms with van der Waals surface area (Å²) in [4.78, 5) is 14.3. The van der Waals surface area contributed by atoms with Crippen LogP contribution >= 0.6 is 12.4 Å². The largest absolute Gasteiger partial charge is 0.341 e. The number of carbonyl (C=O) groups is 1. The van der Waals surface area contributed by atoms with Crippen molar-refractivity contribution in [3.63, 3.8) is 0 Å². The number of halogens is 2. The van der Waals surface area contributed by atoms with Crippen molar-refractivity contribution >= 4 is 18.3 Å². The number of amides is 1. The molecule has 1 heterocycles. The fraction of sp³-hybridized carbons (Fsp3) is 0.562. The first-order valence-electron chi connectivity index (χ1n) is 7.30. The van der Waals surface area contributed by atoms with Gasteiger partial charge < -0.3 is 10.2 Å². The molecule has 1 aromatic carbocycles. The second-order valence-electron chi connectivity index (χ2n) is 5.62. The number of carbonyl (C=O) groups excluding carboxylic acids is 1. The zero-order chi connectivity index (χ0) is 14.5. The summed E-state index contributed by atoms with van der Waals surface area (Å²) >= 11 is 0. The van der Waals surface area contributed by atoms with Gasteiger partial charge in [0.15, 0.2) is 0 Å². The molecule has 5 heteroatoms. The molecular weight excluding hydrogens is 291 g/mol. The Morgan fingerprint density at radius 1 is 1.43 bits per heavy atom. The first-order valence-corrected chi connectivity index (χ1v) is 7.30. The number of likely N-dealkylation sites (N-methyl/N-ethyl adjacent to an activating group) is 1. The van der Waals surface area contributed by atoms with Gasteiger partial charge in [-0.3, -0.25) is 4.79 Å². The lowest BCUT2D eigenvalue weighted by molar-refractivity contribution is -0.132. The smallest absolute Gasteiger partial charge is 0.223 e. The van der Waals surface area contributed by atoms with Gasteiger partial charge in [-0.15, -0.1) is 12.4 Å². The van der Waals surface area contributed by atoms with Crippen LogP contribution in [0.25, 0.3) is 0 Å². The highest BCUT2D eigenvalue weighted by Crippen LogP contribution is 2.21. The number of rotatable bonds is 4. The highest BCUT2D eigenvalue weighted by atomic mass is 35.5. The molecule has 0 radical (unpaired) electrons. The average molecular weight is 315 g/mol. The van der Waals surface area contributed by atoms with Crippen LogP contribution in [0.2, 0.25) is 0 Å². The number of nitrogens with zero attached hydrogens (tertiary/aromatic N) is 1. The van der Waals surface area contributed by atoms with Gasteiger partial charge in [-0.25, -0.2) is 4.39 Å². The maximum atomic E-state index is 12.9. The third-order valence-electron chi connectivity index (χ3n) is 4.10. The molecule has 118 valence electrons. The second kappa shape index (κ2) is 8.35. The van der Waals surface area contributed by atoms with E-state index in [0.29, 0.717) is 12.5 Å². The molecule has 0 aliphatic carbocycles. The van der Waals surface area contributed by atoms with Crippen LogP contribution in [-0.2, 0) is 4.79 Å². The van der Waals surface area contributed by atoms with Gasteiger partial charge in [0.1, 0.15) is 5.82 Å². The highest BCUT2D eigenvalue weighted by molar-refractivity contribution is 5.85. The van der Waals surface area contributed by atoms with E-state index in [1.165, 1.54) is 12.1 Å². The summed E-state index contributed by atoms with van der Waals surface area (Å²) in [6.45, 7) is 3.67. The first-order chi connectivity index (χ1) is 9.60. The molecule has 2 rings (SSSR count). The lowest BCUT2D eigenvalue weighted by Gasteiger charge is -2.33. The molecule has 21 heavy (non-hydrogen) atoms. The van der Waals surface area contributed by atoms with Crippen molar-refractivity contribution < 1.29 is 9.18 Å². The van der Waals surface area contributed by atoms with Crippen LogP contribution in [-0.4, -0.2) is 37.0 Å². The summed E-state index contributed by atoms with van der Waals surface area (Å²) in [7, 11) is 1.94. The van der Waals surface area contributed by atoms with Gasteiger partial charge in [-0.1, -0.05) is 19.1 Å². The Bertz CT molecular complexity index is 452. The Labute approximate surface area is 132 Å². The summed E-state index contributed by atoms with van der Waals surface area (Å²) in [6.07, 6.45) is 2.68. The van der Waals surface area contributed by atoms with E-state index in [-0.39, 0.29) is 30.0 Å². The lowest BCUT2D eigenvalue weighted by atomic mass is 9.96. The zero-order valence-electron chi connectivity index (χ0n) is 12.6. The summed E-state index contributed by atoms with van der Waals surface area (Å²) in [5.41, 5.74) is 1.02. The number of hydrogen-bond donors (Lipinski definition) is 1. The number of likely N-dealkylation sites (tertiary alicyclic amines) is 1. The fourth-order valence-electron chi connectivity index (χ4n) is 2.74. The van der Waals surface area contributed by atoms with Crippen LogP contribution in [0.15, 0.2) is 24.3 Å². The van der Waals surface area contributed by atoms with E-state index in [4.69, 9.17) is 0 Å². The zero-order valence-corrected chi connectivity index (χ0v) is 13.5. The van der Waals surface area contributed by atoms with E-state index < -0.39 is 0 Å². The van der Waals surface area contributed by atoms with Crippen LogP contribution in [0.1, 0.15) is 37.7 Å². The molecule has 3 nitrogen and oxygen atoms in total. The van der Waals surface area contributed by atoms with Gasteiger partial charge in [0.25, 0.3) is 0 Å². The maximum Gasteiger partial charge on any atom is 0.223 e. The van der Waals surface area contributed by atoms with Gasteiger partial charge in [0, 0.05) is 25.6 Å². The topological polar surface area (TPSA) is 32.3 Å².